The van der Waals surface area contributed by atoms with Gasteiger partial charge in [-0.05, 0) is 46.1 Å². The summed E-state index contributed by atoms with van der Waals surface area (Å²) in [5.74, 6) is 0.135. The number of rotatable bonds is 2. The topological polar surface area (TPSA) is 52.2 Å². The van der Waals surface area contributed by atoms with E-state index in [1.807, 2.05) is 6.92 Å². The number of carbonyl (C=O) groups excluding carboxylic acids is 1. The molecule has 1 aliphatic carbocycles. The van der Waals surface area contributed by atoms with Crippen molar-refractivity contribution in [1.29, 1.82) is 0 Å². The Morgan fingerprint density at radius 3 is 2.83 bits per heavy atom. The number of H-pyrrole nitrogens is 1. The third kappa shape index (κ3) is 1.95. The highest BCUT2D eigenvalue weighted by atomic mass is 16.2. The van der Waals surface area contributed by atoms with Gasteiger partial charge in [0.1, 0.15) is 0 Å². The maximum absolute atomic E-state index is 13.2. The molecule has 3 heterocycles. The van der Waals surface area contributed by atoms with Crippen LogP contribution >= 0.6 is 0 Å². The molecule has 0 radical (unpaired) electrons. The normalized spacial score (nSPS) is 36.5. The van der Waals surface area contributed by atoms with Gasteiger partial charge >= 0.3 is 0 Å². The fraction of sp³-hybridized carbons (Fsp3) is 0.778. The summed E-state index contributed by atoms with van der Waals surface area (Å²) in [7, 11) is 2.26. The lowest BCUT2D eigenvalue weighted by atomic mass is 9.65. The molecule has 1 aromatic heterocycles. The first-order valence-corrected chi connectivity index (χ1v) is 9.04. The molecule has 2 saturated heterocycles. The molecular formula is C18H28N4O. The van der Waals surface area contributed by atoms with Crippen molar-refractivity contribution in [2.45, 2.75) is 71.0 Å². The third-order valence-electron chi connectivity index (χ3n) is 6.93. The zero-order chi connectivity index (χ0) is 16.4. The standard InChI is InChI=1S/C18H28N4O/c1-5-13-11(2)16(20-19-13)17(23)22-10-12-9-18(3)14(21(12)4)7-6-8-15(18)22/h12,14-15H,5-10H2,1-4H3,(H,19,20)/t12-,14-,15+,18-/m0/s1. The fourth-order valence-corrected chi connectivity index (χ4v) is 5.64. The number of hydrogen-bond donors (Lipinski definition) is 1. The van der Waals surface area contributed by atoms with Gasteiger partial charge in [0.05, 0.1) is 0 Å². The second-order valence-electron chi connectivity index (χ2n) is 7.98. The van der Waals surface area contributed by atoms with Gasteiger partial charge in [0.15, 0.2) is 5.69 Å². The molecule has 4 atom stereocenters. The second kappa shape index (κ2) is 5.07. The summed E-state index contributed by atoms with van der Waals surface area (Å²) in [6.07, 6.45) is 5.78. The van der Waals surface area contributed by atoms with Crippen LogP contribution in [0.25, 0.3) is 0 Å². The summed E-state index contributed by atoms with van der Waals surface area (Å²) in [6, 6.07) is 1.51. The fourth-order valence-electron chi connectivity index (χ4n) is 5.64. The van der Waals surface area contributed by atoms with Crippen LogP contribution in [-0.2, 0) is 6.42 Å². The van der Waals surface area contributed by atoms with Crippen LogP contribution in [0.5, 0.6) is 0 Å². The van der Waals surface area contributed by atoms with Gasteiger partial charge in [-0.1, -0.05) is 13.8 Å². The van der Waals surface area contributed by atoms with E-state index >= 15 is 0 Å². The predicted molar refractivity (Wildman–Crippen MR) is 89.4 cm³/mol. The van der Waals surface area contributed by atoms with Gasteiger partial charge in [0.25, 0.3) is 5.91 Å². The SMILES string of the molecule is CCc1[nH]nc(C(=O)N2C[C@@H]3C[C@@]4(C)[C@H](CCC[C@@H]24)N3C)c1C. The molecule has 3 aliphatic rings. The Morgan fingerprint density at radius 2 is 2.13 bits per heavy atom. The van der Waals surface area contributed by atoms with Gasteiger partial charge in [0.2, 0.25) is 0 Å². The number of piperidine rings is 1. The Kier molecular flexibility index (Phi) is 3.34. The quantitative estimate of drug-likeness (QED) is 0.911. The Bertz CT molecular complexity index is 639. The number of fused-ring (bicyclic) bond motifs is 1. The number of hydrogen-bond acceptors (Lipinski definition) is 3. The van der Waals surface area contributed by atoms with Crippen LogP contribution in [0.2, 0.25) is 0 Å². The summed E-state index contributed by atoms with van der Waals surface area (Å²) in [5.41, 5.74) is 3.00. The summed E-state index contributed by atoms with van der Waals surface area (Å²) in [5, 5.41) is 7.40. The summed E-state index contributed by atoms with van der Waals surface area (Å²) < 4.78 is 0. The van der Waals surface area contributed by atoms with E-state index < -0.39 is 0 Å². The number of likely N-dealkylation sites (tertiary alicyclic amines) is 2. The third-order valence-corrected chi connectivity index (χ3v) is 6.93. The van der Waals surface area contributed by atoms with Gasteiger partial charge < -0.3 is 4.90 Å². The van der Waals surface area contributed by atoms with Crippen molar-refractivity contribution in [3.05, 3.63) is 17.0 Å². The van der Waals surface area contributed by atoms with E-state index in [4.69, 9.17) is 0 Å². The minimum Gasteiger partial charge on any atom is -0.332 e. The van der Waals surface area contributed by atoms with Crippen LogP contribution in [0.1, 0.15) is 61.3 Å². The maximum Gasteiger partial charge on any atom is 0.274 e. The molecule has 0 aromatic carbocycles. The minimum atomic E-state index is 0.135. The lowest BCUT2D eigenvalue weighted by Crippen LogP contribution is -2.57. The zero-order valence-electron chi connectivity index (χ0n) is 14.7. The highest BCUT2D eigenvalue weighted by Crippen LogP contribution is 2.53. The molecule has 1 amide bonds. The van der Waals surface area contributed by atoms with E-state index in [-0.39, 0.29) is 11.3 Å². The average molecular weight is 316 g/mol. The molecular weight excluding hydrogens is 288 g/mol. The van der Waals surface area contributed by atoms with Gasteiger partial charge in [-0.15, -0.1) is 0 Å². The van der Waals surface area contributed by atoms with Crippen LogP contribution in [0.15, 0.2) is 0 Å². The highest BCUT2D eigenvalue weighted by molar-refractivity contribution is 5.94. The lowest BCUT2D eigenvalue weighted by Gasteiger charge is -2.50. The molecule has 1 aromatic rings. The molecule has 4 rings (SSSR count). The predicted octanol–water partition coefficient (Wildman–Crippen LogP) is 2.37. The van der Waals surface area contributed by atoms with Crippen molar-refractivity contribution < 1.29 is 4.79 Å². The van der Waals surface area contributed by atoms with Gasteiger partial charge in [0, 0.05) is 41.3 Å². The Hall–Kier alpha value is -1.36. The number of aromatic amines is 1. The van der Waals surface area contributed by atoms with Crippen LogP contribution in [0.3, 0.4) is 0 Å². The first-order chi connectivity index (χ1) is 11.0. The molecule has 1 N–H and O–H groups in total. The first-order valence-electron chi connectivity index (χ1n) is 9.04. The number of amides is 1. The molecule has 0 unspecified atom stereocenters. The van der Waals surface area contributed by atoms with Crippen LogP contribution in [0, 0.1) is 12.3 Å². The monoisotopic (exact) mass is 316 g/mol. The second-order valence-corrected chi connectivity index (χ2v) is 7.98. The van der Waals surface area contributed by atoms with Gasteiger partial charge in [-0.25, -0.2) is 0 Å². The van der Waals surface area contributed by atoms with E-state index in [2.05, 4.69) is 40.9 Å². The van der Waals surface area contributed by atoms with E-state index in [1.165, 1.54) is 19.3 Å². The Balaban J connectivity index is 1.69. The largest absolute Gasteiger partial charge is 0.332 e. The van der Waals surface area contributed by atoms with Crippen molar-refractivity contribution in [2.75, 3.05) is 13.6 Å². The first kappa shape index (κ1) is 15.2. The van der Waals surface area contributed by atoms with Crippen molar-refractivity contribution in [3.63, 3.8) is 0 Å². The highest BCUT2D eigenvalue weighted by Gasteiger charge is 2.59. The number of aromatic nitrogens is 2. The van der Waals surface area contributed by atoms with E-state index in [1.54, 1.807) is 0 Å². The van der Waals surface area contributed by atoms with Crippen molar-refractivity contribution in [3.8, 4) is 0 Å². The maximum atomic E-state index is 13.2. The minimum absolute atomic E-state index is 0.135. The van der Waals surface area contributed by atoms with Crippen LogP contribution < -0.4 is 0 Å². The summed E-state index contributed by atoms with van der Waals surface area (Å²) >= 11 is 0. The summed E-state index contributed by atoms with van der Waals surface area (Å²) in [6.45, 7) is 7.38. The molecule has 0 spiro atoms. The van der Waals surface area contributed by atoms with E-state index in [0.717, 1.165) is 30.6 Å². The average Bonchev–Trinajstić information content (AvgIpc) is 3.02. The molecule has 1 saturated carbocycles. The lowest BCUT2D eigenvalue weighted by molar-refractivity contribution is 0.0113. The number of nitrogens with one attached hydrogen (secondary N) is 1. The van der Waals surface area contributed by atoms with Crippen molar-refractivity contribution in [1.82, 2.24) is 20.0 Å². The molecule has 23 heavy (non-hydrogen) atoms. The number of aryl methyl sites for hydroxylation is 1. The number of carbonyl (C=O) groups is 1. The molecule has 126 valence electrons. The molecule has 2 aliphatic heterocycles. The number of nitrogens with zero attached hydrogens (tertiary/aromatic N) is 3. The number of likely N-dealkylation sites (N-methyl/N-ethyl adjacent to an activating group) is 1. The molecule has 2 bridgehead atoms. The van der Waals surface area contributed by atoms with Gasteiger partial charge in [-0.2, -0.15) is 5.10 Å². The molecule has 3 fully saturated rings. The molecule has 5 nitrogen and oxygen atoms in total. The Morgan fingerprint density at radius 1 is 1.39 bits per heavy atom. The van der Waals surface area contributed by atoms with Gasteiger partial charge in [-0.3, -0.25) is 14.8 Å². The van der Waals surface area contributed by atoms with E-state index in [0.29, 0.717) is 23.8 Å². The zero-order valence-corrected chi connectivity index (χ0v) is 14.7. The molecule has 5 heteroatoms. The van der Waals surface area contributed by atoms with Crippen molar-refractivity contribution >= 4 is 5.91 Å². The Labute approximate surface area is 138 Å². The van der Waals surface area contributed by atoms with Crippen molar-refractivity contribution in [2.24, 2.45) is 5.41 Å². The smallest absolute Gasteiger partial charge is 0.274 e. The van der Waals surface area contributed by atoms with Crippen LogP contribution in [0.4, 0.5) is 0 Å². The van der Waals surface area contributed by atoms with Crippen LogP contribution in [-0.4, -0.2) is 57.6 Å². The van der Waals surface area contributed by atoms with E-state index in [9.17, 15) is 4.79 Å². The summed E-state index contributed by atoms with van der Waals surface area (Å²) in [4.78, 5) is 18.0.